The number of para-hydroxylation sites is 2. The molecule has 2 aromatic heterocycles. The van der Waals surface area contributed by atoms with Crippen LogP contribution >= 0.6 is 11.6 Å². The molecular formula is C29H22ClF3N4O. The van der Waals surface area contributed by atoms with Crippen LogP contribution in [0.15, 0.2) is 84.9 Å². The summed E-state index contributed by atoms with van der Waals surface area (Å²) in [7, 11) is 0. The van der Waals surface area contributed by atoms with Gasteiger partial charge in [-0.2, -0.15) is 18.3 Å². The molecule has 3 heterocycles. The summed E-state index contributed by atoms with van der Waals surface area (Å²) in [4.78, 5) is 18.8. The van der Waals surface area contributed by atoms with Crippen molar-refractivity contribution in [2.24, 2.45) is 0 Å². The van der Waals surface area contributed by atoms with Crippen molar-refractivity contribution >= 4 is 28.4 Å². The molecule has 3 aromatic carbocycles. The summed E-state index contributed by atoms with van der Waals surface area (Å²) in [5.74, 6) is -0.117. The average Bonchev–Trinajstić information content (AvgIpc) is 3.66. The van der Waals surface area contributed by atoms with Crippen LogP contribution in [0.5, 0.6) is 0 Å². The second kappa shape index (κ2) is 9.36. The number of hydrogen-bond acceptors (Lipinski definition) is 2. The average molecular weight is 535 g/mol. The molecule has 0 aliphatic carbocycles. The van der Waals surface area contributed by atoms with Crippen molar-refractivity contribution in [1.29, 1.82) is 0 Å². The Morgan fingerprint density at radius 2 is 1.71 bits per heavy atom. The maximum Gasteiger partial charge on any atom is 0.435 e. The first-order valence-corrected chi connectivity index (χ1v) is 12.6. The predicted molar refractivity (Wildman–Crippen MR) is 140 cm³/mol. The van der Waals surface area contributed by atoms with Crippen molar-refractivity contribution in [1.82, 2.24) is 19.7 Å². The molecule has 192 valence electrons. The van der Waals surface area contributed by atoms with Crippen LogP contribution in [0.3, 0.4) is 0 Å². The Kier molecular flexibility index (Phi) is 5.99. The summed E-state index contributed by atoms with van der Waals surface area (Å²) in [5.41, 5.74) is 2.51. The summed E-state index contributed by atoms with van der Waals surface area (Å²) >= 11 is 6.28. The van der Waals surface area contributed by atoms with Gasteiger partial charge in [0.2, 0.25) is 0 Å². The number of alkyl halides is 3. The zero-order chi connectivity index (χ0) is 26.4. The third-order valence-corrected chi connectivity index (χ3v) is 7.25. The molecule has 1 saturated heterocycles. The number of aromatic nitrogens is 3. The topological polar surface area (TPSA) is 53.9 Å². The molecule has 0 radical (unpaired) electrons. The highest BCUT2D eigenvalue weighted by Crippen LogP contribution is 2.36. The monoisotopic (exact) mass is 534 g/mol. The SMILES string of the molecule is O=C(c1ccc(-c2cc(C(F)(F)F)nn2-c2ccccc2Cl)cc1)N1CCCC1c1cc2ccccc2[nH]1. The maximum atomic E-state index is 13.5. The van der Waals surface area contributed by atoms with Gasteiger partial charge in [0.15, 0.2) is 5.69 Å². The number of H-pyrrole nitrogens is 1. The van der Waals surface area contributed by atoms with Gasteiger partial charge in [-0.25, -0.2) is 4.68 Å². The van der Waals surface area contributed by atoms with Crippen molar-refractivity contribution in [2.75, 3.05) is 6.54 Å². The highest BCUT2D eigenvalue weighted by atomic mass is 35.5. The first kappa shape index (κ1) is 24.3. The minimum absolute atomic E-state index is 0.0643. The summed E-state index contributed by atoms with van der Waals surface area (Å²) in [5, 5.41) is 5.17. The number of rotatable bonds is 4. The Balaban J connectivity index is 1.31. The van der Waals surface area contributed by atoms with Gasteiger partial charge in [-0.1, -0.05) is 54.1 Å². The normalized spacial score (nSPS) is 15.9. The van der Waals surface area contributed by atoms with Crippen LogP contribution in [0.1, 0.15) is 40.6 Å². The molecule has 38 heavy (non-hydrogen) atoms. The smallest absolute Gasteiger partial charge is 0.357 e. The lowest BCUT2D eigenvalue weighted by Gasteiger charge is -2.24. The molecule has 0 bridgehead atoms. The van der Waals surface area contributed by atoms with Gasteiger partial charge in [-0.15, -0.1) is 0 Å². The maximum absolute atomic E-state index is 13.5. The van der Waals surface area contributed by atoms with Crippen molar-refractivity contribution in [3.8, 4) is 16.9 Å². The van der Waals surface area contributed by atoms with E-state index in [4.69, 9.17) is 11.6 Å². The quantitative estimate of drug-likeness (QED) is 0.257. The van der Waals surface area contributed by atoms with Crippen LogP contribution in [0, 0.1) is 0 Å². The molecule has 1 atom stereocenters. The first-order chi connectivity index (χ1) is 18.3. The number of amides is 1. The number of carbonyl (C=O) groups excluding carboxylic acids is 1. The Labute approximate surface area is 221 Å². The number of benzene rings is 3. The molecule has 0 saturated carbocycles. The number of nitrogens with zero attached hydrogens (tertiary/aromatic N) is 3. The number of likely N-dealkylation sites (tertiary alicyclic amines) is 1. The Hall–Kier alpha value is -4.04. The van der Waals surface area contributed by atoms with Gasteiger partial charge >= 0.3 is 6.18 Å². The van der Waals surface area contributed by atoms with Crippen LogP contribution in [0.25, 0.3) is 27.8 Å². The Bertz CT molecular complexity index is 1600. The number of hydrogen-bond donors (Lipinski definition) is 1. The van der Waals surface area contributed by atoms with E-state index >= 15 is 0 Å². The fourth-order valence-corrected chi connectivity index (χ4v) is 5.31. The van der Waals surface area contributed by atoms with E-state index in [0.717, 1.165) is 35.5 Å². The molecule has 1 aliphatic rings. The van der Waals surface area contributed by atoms with Crippen molar-refractivity contribution in [3.63, 3.8) is 0 Å². The van der Waals surface area contributed by atoms with E-state index in [1.165, 1.54) is 4.68 Å². The van der Waals surface area contributed by atoms with E-state index in [2.05, 4.69) is 16.1 Å². The van der Waals surface area contributed by atoms with Gasteiger partial charge in [-0.3, -0.25) is 4.79 Å². The zero-order valence-corrected chi connectivity index (χ0v) is 20.8. The van der Waals surface area contributed by atoms with Crippen molar-refractivity contribution < 1.29 is 18.0 Å². The molecule has 1 aliphatic heterocycles. The molecule has 5 aromatic rings. The van der Waals surface area contributed by atoms with Crippen molar-refractivity contribution in [3.05, 3.63) is 107 Å². The molecule has 5 nitrogen and oxygen atoms in total. The van der Waals surface area contributed by atoms with Crippen molar-refractivity contribution in [2.45, 2.75) is 25.1 Å². The molecule has 1 amide bonds. The van der Waals surface area contributed by atoms with Crippen LogP contribution in [0.4, 0.5) is 13.2 Å². The minimum Gasteiger partial charge on any atom is -0.357 e. The summed E-state index contributed by atoms with van der Waals surface area (Å²) in [6.45, 7) is 0.634. The van der Waals surface area contributed by atoms with Crippen LogP contribution in [0.2, 0.25) is 5.02 Å². The van der Waals surface area contributed by atoms with E-state index in [1.54, 1.807) is 48.5 Å². The number of carbonyl (C=O) groups is 1. The number of aromatic amines is 1. The Morgan fingerprint density at radius 1 is 0.974 bits per heavy atom. The second-order valence-corrected chi connectivity index (χ2v) is 9.73. The molecule has 1 fully saturated rings. The summed E-state index contributed by atoms with van der Waals surface area (Å²) in [6, 6.07) is 24.2. The fraction of sp³-hybridized carbons (Fsp3) is 0.172. The van der Waals surface area contributed by atoms with Gasteiger partial charge in [-0.05, 0) is 60.7 Å². The lowest BCUT2D eigenvalue weighted by Crippen LogP contribution is -2.30. The lowest BCUT2D eigenvalue weighted by molar-refractivity contribution is -0.141. The standard InChI is InChI=1S/C29H22ClF3N4O/c30-21-7-2-4-9-24(21)37-26(17-27(35-37)29(31,32)33)18-11-13-19(14-12-18)28(38)36-15-5-10-25(36)23-16-20-6-1-3-8-22(20)34-23/h1-4,6-9,11-14,16-17,25,34H,5,10,15H2. The van der Waals surface area contributed by atoms with Gasteiger partial charge < -0.3 is 9.88 Å². The third kappa shape index (κ3) is 4.35. The van der Waals surface area contributed by atoms with Crippen LogP contribution < -0.4 is 0 Å². The van der Waals surface area contributed by atoms with Crippen LogP contribution in [-0.2, 0) is 6.18 Å². The lowest BCUT2D eigenvalue weighted by atomic mass is 10.1. The number of halogens is 4. The molecular weight excluding hydrogens is 513 g/mol. The first-order valence-electron chi connectivity index (χ1n) is 12.2. The highest BCUT2D eigenvalue weighted by Gasteiger charge is 2.36. The van der Waals surface area contributed by atoms with E-state index in [-0.39, 0.29) is 22.7 Å². The predicted octanol–water partition coefficient (Wildman–Crippen LogP) is 7.67. The number of fused-ring (bicyclic) bond motifs is 1. The second-order valence-electron chi connectivity index (χ2n) is 9.32. The fourth-order valence-electron chi connectivity index (χ4n) is 5.09. The van der Waals surface area contributed by atoms with Crippen LogP contribution in [-0.4, -0.2) is 32.1 Å². The minimum atomic E-state index is -4.62. The van der Waals surface area contributed by atoms with E-state index < -0.39 is 11.9 Å². The zero-order valence-electron chi connectivity index (χ0n) is 20.0. The summed E-state index contributed by atoms with van der Waals surface area (Å²) < 4.78 is 41.8. The molecule has 1 N–H and O–H groups in total. The Morgan fingerprint density at radius 3 is 2.45 bits per heavy atom. The molecule has 0 spiro atoms. The number of nitrogens with one attached hydrogen (secondary N) is 1. The molecule has 1 unspecified atom stereocenters. The van der Waals surface area contributed by atoms with Gasteiger partial charge in [0, 0.05) is 28.9 Å². The van der Waals surface area contributed by atoms with Gasteiger partial charge in [0.05, 0.1) is 22.4 Å². The van der Waals surface area contributed by atoms with Gasteiger partial charge in [0.25, 0.3) is 5.91 Å². The van der Waals surface area contributed by atoms with E-state index in [0.29, 0.717) is 23.4 Å². The largest absolute Gasteiger partial charge is 0.435 e. The van der Waals surface area contributed by atoms with Gasteiger partial charge in [0.1, 0.15) is 0 Å². The third-order valence-electron chi connectivity index (χ3n) is 6.93. The van der Waals surface area contributed by atoms with E-state index in [1.807, 2.05) is 29.2 Å². The van der Waals surface area contributed by atoms with E-state index in [9.17, 15) is 18.0 Å². The molecule has 6 rings (SSSR count). The summed E-state index contributed by atoms with van der Waals surface area (Å²) in [6.07, 6.45) is -2.88. The highest BCUT2D eigenvalue weighted by molar-refractivity contribution is 6.32. The molecule has 9 heteroatoms.